The van der Waals surface area contributed by atoms with Gasteiger partial charge < -0.3 is 0 Å². The summed E-state index contributed by atoms with van der Waals surface area (Å²) >= 11 is 5.91. The standard InChI is InChI=1S/C16H14ClN3O/c1-11(21)14-4-2-3-5-15(14)16(10-19-20-18)12-6-8-13(17)9-7-12/h2-9,16H,10H2,1H3. The molecule has 1 atom stereocenters. The first-order valence-corrected chi connectivity index (χ1v) is 6.87. The summed E-state index contributed by atoms with van der Waals surface area (Å²) in [7, 11) is 0. The Labute approximate surface area is 128 Å². The molecular formula is C16H14ClN3O. The maximum absolute atomic E-state index is 11.8. The Kier molecular flexibility index (Phi) is 4.99. The molecule has 5 heteroatoms. The molecule has 0 saturated carbocycles. The summed E-state index contributed by atoms with van der Waals surface area (Å²) in [5, 5.41) is 4.32. The smallest absolute Gasteiger partial charge is 0.160 e. The Morgan fingerprint density at radius 2 is 1.90 bits per heavy atom. The van der Waals surface area contributed by atoms with Crippen LogP contribution in [0.5, 0.6) is 0 Å². The minimum Gasteiger partial charge on any atom is -0.295 e. The topological polar surface area (TPSA) is 65.8 Å². The van der Waals surface area contributed by atoms with Crippen LogP contribution < -0.4 is 0 Å². The molecule has 106 valence electrons. The number of ketones is 1. The fourth-order valence-electron chi connectivity index (χ4n) is 2.32. The van der Waals surface area contributed by atoms with E-state index in [1.54, 1.807) is 18.2 Å². The summed E-state index contributed by atoms with van der Waals surface area (Å²) in [4.78, 5) is 14.6. The first-order chi connectivity index (χ1) is 10.1. The van der Waals surface area contributed by atoms with Crippen molar-refractivity contribution < 1.29 is 4.79 Å². The van der Waals surface area contributed by atoms with Gasteiger partial charge in [-0.05, 0) is 35.7 Å². The van der Waals surface area contributed by atoms with Gasteiger partial charge in [0.25, 0.3) is 0 Å². The monoisotopic (exact) mass is 299 g/mol. The second-order valence-corrected chi connectivity index (χ2v) is 5.10. The minimum atomic E-state index is -0.168. The fraction of sp³-hybridized carbons (Fsp3) is 0.188. The molecule has 4 nitrogen and oxygen atoms in total. The van der Waals surface area contributed by atoms with Gasteiger partial charge in [-0.1, -0.05) is 53.1 Å². The Bertz CT molecular complexity index is 691. The normalized spacial score (nSPS) is 11.5. The molecule has 0 N–H and O–H groups in total. The van der Waals surface area contributed by atoms with Crippen molar-refractivity contribution in [3.05, 3.63) is 80.7 Å². The highest BCUT2D eigenvalue weighted by Crippen LogP contribution is 2.29. The van der Waals surface area contributed by atoms with Crippen molar-refractivity contribution in [2.45, 2.75) is 12.8 Å². The van der Waals surface area contributed by atoms with Gasteiger partial charge in [-0.2, -0.15) is 0 Å². The lowest BCUT2D eigenvalue weighted by atomic mass is 9.87. The molecule has 0 fully saturated rings. The van der Waals surface area contributed by atoms with E-state index in [2.05, 4.69) is 10.0 Å². The molecule has 2 rings (SSSR count). The van der Waals surface area contributed by atoms with Crippen LogP contribution in [0.3, 0.4) is 0 Å². The molecule has 0 saturated heterocycles. The molecule has 2 aromatic rings. The molecule has 0 aromatic heterocycles. The lowest BCUT2D eigenvalue weighted by Crippen LogP contribution is -2.10. The predicted octanol–water partition coefficient (Wildman–Crippen LogP) is 4.98. The zero-order chi connectivity index (χ0) is 15.2. The summed E-state index contributed by atoms with van der Waals surface area (Å²) in [6.45, 7) is 1.79. The molecule has 0 radical (unpaired) electrons. The molecule has 0 aliphatic heterocycles. The summed E-state index contributed by atoms with van der Waals surface area (Å²) < 4.78 is 0. The SMILES string of the molecule is CC(=O)c1ccccc1C(CN=[N+]=[N-])c1ccc(Cl)cc1. The van der Waals surface area contributed by atoms with Crippen LogP contribution in [-0.2, 0) is 0 Å². The van der Waals surface area contributed by atoms with E-state index in [1.165, 1.54) is 6.92 Å². The molecule has 0 amide bonds. The van der Waals surface area contributed by atoms with Gasteiger partial charge in [0.15, 0.2) is 5.78 Å². The van der Waals surface area contributed by atoms with E-state index >= 15 is 0 Å². The number of nitrogens with zero attached hydrogens (tertiary/aromatic N) is 3. The molecule has 0 spiro atoms. The summed E-state index contributed by atoms with van der Waals surface area (Å²) in [5.74, 6) is -0.177. The first-order valence-electron chi connectivity index (χ1n) is 6.49. The Morgan fingerprint density at radius 1 is 1.24 bits per heavy atom. The van der Waals surface area contributed by atoms with E-state index < -0.39 is 0 Å². The molecule has 0 heterocycles. The summed E-state index contributed by atoms with van der Waals surface area (Å²) in [6, 6.07) is 14.7. The second kappa shape index (κ2) is 6.93. The van der Waals surface area contributed by atoms with Crippen molar-refractivity contribution in [3.63, 3.8) is 0 Å². The molecule has 0 aliphatic carbocycles. The van der Waals surface area contributed by atoms with Crippen LogP contribution in [0.25, 0.3) is 10.4 Å². The lowest BCUT2D eigenvalue weighted by molar-refractivity contribution is 0.101. The molecular weight excluding hydrogens is 286 g/mol. The predicted molar refractivity (Wildman–Crippen MR) is 83.8 cm³/mol. The van der Waals surface area contributed by atoms with E-state index in [1.807, 2.05) is 30.3 Å². The number of benzene rings is 2. The third-order valence-electron chi connectivity index (χ3n) is 3.32. The van der Waals surface area contributed by atoms with Gasteiger partial charge in [-0.3, -0.25) is 4.79 Å². The van der Waals surface area contributed by atoms with Crippen LogP contribution in [0.1, 0.15) is 34.3 Å². The highest BCUT2D eigenvalue weighted by molar-refractivity contribution is 6.30. The minimum absolute atomic E-state index is 0.00880. The van der Waals surface area contributed by atoms with Crippen molar-refractivity contribution in [2.75, 3.05) is 6.54 Å². The van der Waals surface area contributed by atoms with Crippen LogP contribution in [0.4, 0.5) is 0 Å². The van der Waals surface area contributed by atoms with Crippen LogP contribution in [-0.4, -0.2) is 12.3 Å². The van der Waals surface area contributed by atoms with Gasteiger partial charge in [-0.25, -0.2) is 0 Å². The van der Waals surface area contributed by atoms with Crippen LogP contribution in [0.15, 0.2) is 53.6 Å². The first kappa shape index (κ1) is 15.1. The van der Waals surface area contributed by atoms with Crippen LogP contribution >= 0.6 is 11.6 Å². The van der Waals surface area contributed by atoms with Gasteiger partial charge in [0, 0.05) is 28.0 Å². The lowest BCUT2D eigenvalue weighted by Gasteiger charge is -2.18. The fourth-order valence-corrected chi connectivity index (χ4v) is 2.44. The van der Waals surface area contributed by atoms with Gasteiger partial charge in [0.1, 0.15) is 0 Å². The molecule has 0 bridgehead atoms. The van der Waals surface area contributed by atoms with E-state index in [9.17, 15) is 4.79 Å². The number of rotatable bonds is 5. The van der Waals surface area contributed by atoms with Crippen molar-refractivity contribution in [1.29, 1.82) is 0 Å². The van der Waals surface area contributed by atoms with Crippen LogP contribution in [0.2, 0.25) is 5.02 Å². The third kappa shape index (κ3) is 3.63. The Hall–Kier alpha value is -2.29. The van der Waals surface area contributed by atoms with E-state index in [0.29, 0.717) is 10.6 Å². The number of carbonyl (C=O) groups is 1. The molecule has 21 heavy (non-hydrogen) atoms. The zero-order valence-corrected chi connectivity index (χ0v) is 12.3. The van der Waals surface area contributed by atoms with Crippen molar-refractivity contribution in [1.82, 2.24) is 0 Å². The average Bonchev–Trinajstić information content (AvgIpc) is 2.49. The quantitative estimate of drug-likeness (QED) is 0.332. The third-order valence-corrected chi connectivity index (χ3v) is 3.57. The summed E-state index contributed by atoms with van der Waals surface area (Å²) in [6.07, 6.45) is 0. The maximum atomic E-state index is 11.8. The number of hydrogen-bond acceptors (Lipinski definition) is 2. The number of hydrogen-bond donors (Lipinski definition) is 0. The molecule has 1 unspecified atom stereocenters. The molecule has 2 aromatic carbocycles. The van der Waals surface area contributed by atoms with Crippen molar-refractivity contribution in [3.8, 4) is 0 Å². The zero-order valence-electron chi connectivity index (χ0n) is 11.5. The van der Waals surface area contributed by atoms with Crippen LogP contribution in [0, 0.1) is 0 Å². The van der Waals surface area contributed by atoms with Gasteiger partial charge in [-0.15, -0.1) is 0 Å². The van der Waals surface area contributed by atoms with Gasteiger partial charge in [0.05, 0.1) is 0 Å². The average molecular weight is 300 g/mol. The van der Waals surface area contributed by atoms with E-state index in [-0.39, 0.29) is 18.2 Å². The largest absolute Gasteiger partial charge is 0.295 e. The van der Waals surface area contributed by atoms with E-state index in [4.69, 9.17) is 17.1 Å². The Balaban J connectivity index is 2.52. The highest BCUT2D eigenvalue weighted by Gasteiger charge is 2.18. The molecule has 0 aliphatic rings. The van der Waals surface area contributed by atoms with E-state index in [0.717, 1.165) is 11.1 Å². The van der Waals surface area contributed by atoms with Gasteiger partial charge >= 0.3 is 0 Å². The van der Waals surface area contributed by atoms with Crippen molar-refractivity contribution in [2.24, 2.45) is 5.11 Å². The number of Topliss-reactive ketones (excluding diaryl/α,β-unsaturated/α-hetero) is 1. The summed E-state index contributed by atoms with van der Waals surface area (Å²) in [5.41, 5.74) is 11.1. The van der Waals surface area contributed by atoms with Crippen molar-refractivity contribution >= 4 is 17.4 Å². The number of carbonyl (C=O) groups excluding carboxylic acids is 1. The number of azide groups is 1. The second-order valence-electron chi connectivity index (χ2n) is 4.66. The van der Waals surface area contributed by atoms with Gasteiger partial charge in [0.2, 0.25) is 0 Å². The Morgan fingerprint density at radius 3 is 2.52 bits per heavy atom. The highest BCUT2D eigenvalue weighted by atomic mass is 35.5. The number of halogens is 1. The maximum Gasteiger partial charge on any atom is 0.160 e.